The van der Waals surface area contributed by atoms with Gasteiger partial charge in [-0.1, -0.05) is 13.3 Å². The average molecular weight is 297 g/mol. The van der Waals surface area contributed by atoms with E-state index >= 15 is 0 Å². The van der Waals surface area contributed by atoms with Gasteiger partial charge in [0.25, 0.3) is 0 Å². The third kappa shape index (κ3) is 7.28. The van der Waals surface area contributed by atoms with E-state index < -0.39 is 0 Å². The van der Waals surface area contributed by atoms with E-state index in [9.17, 15) is 4.79 Å². The topological polar surface area (TPSA) is 44.4 Å². The lowest BCUT2D eigenvalue weighted by Gasteiger charge is -2.46. The Kier molecular flexibility index (Phi) is 6.67. The van der Waals surface area contributed by atoms with Gasteiger partial charge in [0.1, 0.15) is 0 Å². The predicted molar refractivity (Wildman–Crippen MR) is 89.5 cm³/mol. The van der Waals surface area contributed by atoms with Crippen LogP contribution in [0.2, 0.25) is 0 Å². The fourth-order valence-corrected chi connectivity index (χ4v) is 3.56. The molecule has 0 atom stereocenters. The first-order valence-electron chi connectivity index (χ1n) is 8.41. The van der Waals surface area contributed by atoms with Gasteiger partial charge < -0.3 is 15.5 Å². The molecule has 4 heteroatoms. The molecule has 0 aromatic carbocycles. The molecule has 0 spiro atoms. The molecular weight excluding hydrogens is 262 g/mol. The number of amides is 1. The van der Waals surface area contributed by atoms with E-state index in [2.05, 4.69) is 57.2 Å². The number of piperidine rings is 1. The lowest BCUT2D eigenvalue weighted by Crippen LogP contribution is -2.62. The van der Waals surface area contributed by atoms with E-state index in [1.54, 1.807) is 0 Å². The molecule has 0 bridgehead atoms. The maximum absolute atomic E-state index is 12.2. The van der Waals surface area contributed by atoms with Gasteiger partial charge in [-0.15, -0.1) is 0 Å². The average Bonchev–Trinajstić information content (AvgIpc) is 2.29. The predicted octanol–water partition coefficient (Wildman–Crippen LogP) is 2.53. The van der Waals surface area contributed by atoms with Gasteiger partial charge in [-0.2, -0.15) is 0 Å². The Morgan fingerprint density at radius 2 is 1.76 bits per heavy atom. The van der Waals surface area contributed by atoms with Gasteiger partial charge in [-0.25, -0.2) is 0 Å². The van der Waals surface area contributed by atoms with Crippen LogP contribution in [0.25, 0.3) is 0 Å². The Labute approximate surface area is 131 Å². The van der Waals surface area contributed by atoms with Crippen molar-refractivity contribution in [3.05, 3.63) is 0 Å². The second-order valence-corrected chi connectivity index (χ2v) is 7.97. The molecule has 0 unspecified atom stereocenters. The van der Waals surface area contributed by atoms with Crippen LogP contribution in [0.15, 0.2) is 0 Å². The van der Waals surface area contributed by atoms with Crippen LogP contribution in [0, 0.1) is 0 Å². The maximum Gasteiger partial charge on any atom is 0.221 e. The lowest BCUT2D eigenvalue weighted by atomic mass is 9.79. The number of nitrogens with one attached hydrogen (secondary N) is 2. The number of unbranched alkanes of at least 4 members (excludes halogenated alkanes) is 1. The van der Waals surface area contributed by atoms with Crippen molar-refractivity contribution >= 4 is 5.91 Å². The van der Waals surface area contributed by atoms with Gasteiger partial charge >= 0.3 is 0 Å². The largest absolute Gasteiger partial charge is 0.353 e. The molecular formula is C17H35N3O. The SMILES string of the molecule is CCCCN(C)CCC(=O)NC1CC(C)(C)NC(C)(C)C1. The van der Waals surface area contributed by atoms with Gasteiger partial charge in [0.15, 0.2) is 0 Å². The van der Waals surface area contributed by atoms with Gasteiger partial charge in [-0.3, -0.25) is 4.79 Å². The van der Waals surface area contributed by atoms with Crippen molar-refractivity contribution in [3.8, 4) is 0 Å². The highest BCUT2D eigenvalue weighted by atomic mass is 16.1. The molecule has 4 nitrogen and oxygen atoms in total. The highest BCUT2D eigenvalue weighted by molar-refractivity contribution is 5.76. The highest BCUT2D eigenvalue weighted by Crippen LogP contribution is 2.28. The van der Waals surface area contributed by atoms with E-state index in [0.29, 0.717) is 6.42 Å². The van der Waals surface area contributed by atoms with Gasteiger partial charge in [0.05, 0.1) is 0 Å². The summed E-state index contributed by atoms with van der Waals surface area (Å²) in [4.78, 5) is 14.4. The van der Waals surface area contributed by atoms with E-state index in [4.69, 9.17) is 0 Å². The van der Waals surface area contributed by atoms with Gasteiger partial charge in [-0.05, 0) is 60.5 Å². The number of carbonyl (C=O) groups excluding carboxylic acids is 1. The Balaban J connectivity index is 2.37. The first-order chi connectivity index (χ1) is 9.63. The third-order valence-corrected chi connectivity index (χ3v) is 4.17. The Morgan fingerprint density at radius 1 is 1.19 bits per heavy atom. The number of nitrogens with zero attached hydrogens (tertiary/aromatic N) is 1. The summed E-state index contributed by atoms with van der Waals surface area (Å²) in [5, 5.41) is 6.89. The first kappa shape index (κ1) is 18.4. The van der Waals surface area contributed by atoms with Crippen molar-refractivity contribution < 1.29 is 4.79 Å². The van der Waals surface area contributed by atoms with E-state index in [0.717, 1.165) is 25.9 Å². The van der Waals surface area contributed by atoms with Gasteiger partial charge in [0.2, 0.25) is 5.91 Å². The fourth-order valence-electron chi connectivity index (χ4n) is 3.56. The molecule has 0 saturated carbocycles. The Morgan fingerprint density at radius 3 is 2.29 bits per heavy atom. The van der Waals surface area contributed by atoms with Crippen LogP contribution in [0.3, 0.4) is 0 Å². The van der Waals surface area contributed by atoms with E-state index in [1.807, 2.05) is 0 Å². The van der Waals surface area contributed by atoms with Crippen molar-refractivity contribution in [2.24, 2.45) is 0 Å². The summed E-state index contributed by atoms with van der Waals surface area (Å²) in [6.45, 7) is 13.0. The molecule has 0 aromatic rings. The van der Waals surface area contributed by atoms with Crippen molar-refractivity contribution in [1.29, 1.82) is 0 Å². The summed E-state index contributed by atoms with van der Waals surface area (Å²) in [6.07, 6.45) is 5.00. The van der Waals surface area contributed by atoms with Crippen molar-refractivity contribution in [3.63, 3.8) is 0 Å². The minimum atomic E-state index is 0.0810. The first-order valence-corrected chi connectivity index (χ1v) is 8.41. The van der Waals surface area contributed by atoms with Crippen molar-refractivity contribution in [1.82, 2.24) is 15.5 Å². The summed E-state index contributed by atoms with van der Waals surface area (Å²) >= 11 is 0. The summed E-state index contributed by atoms with van der Waals surface area (Å²) in [7, 11) is 2.10. The normalized spacial score (nSPS) is 21.5. The molecule has 1 fully saturated rings. The van der Waals surface area contributed by atoms with Crippen LogP contribution < -0.4 is 10.6 Å². The molecule has 0 radical (unpaired) electrons. The minimum Gasteiger partial charge on any atom is -0.353 e. The zero-order chi connectivity index (χ0) is 16.1. The number of carbonyl (C=O) groups is 1. The van der Waals surface area contributed by atoms with Crippen molar-refractivity contribution in [2.75, 3.05) is 20.1 Å². The standard InChI is InChI=1S/C17H35N3O/c1-7-8-10-20(6)11-9-15(21)18-14-12-16(2,3)19-17(4,5)13-14/h14,19H,7-13H2,1-6H3,(H,18,21). The zero-order valence-corrected chi connectivity index (χ0v) is 14.9. The van der Waals surface area contributed by atoms with Crippen LogP contribution in [0.1, 0.15) is 66.7 Å². The summed E-state index contributed by atoms with van der Waals surface area (Å²) in [6, 6.07) is 0.282. The summed E-state index contributed by atoms with van der Waals surface area (Å²) in [5.41, 5.74) is 0.162. The molecule has 1 rings (SSSR count). The molecule has 1 amide bonds. The fraction of sp³-hybridized carbons (Fsp3) is 0.941. The molecule has 124 valence electrons. The quantitative estimate of drug-likeness (QED) is 0.759. The molecule has 21 heavy (non-hydrogen) atoms. The molecule has 1 saturated heterocycles. The number of rotatable bonds is 7. The number of hydrogen-bond acceptors (Lipinski definition) is 3. The molecule has 0 aliphatic carbocycles. The number of hydrogen-bond donors (Lipinski definition) is 2. The van der Waals surface area contributed by atoms with E-state index in [1.165, 1.54) is 12.8 Å². The molecule has 1 heterocycles. The third-order valence-electron chi connectivity index (χ3n) is 4.17. The molecule has 0 aromatic heterocycles. The van der Waals surface area contributed by atoms with Gasteiger partial charge in [0, 0.05) is 30.1 Å². The maximum atomic E-state index is 12.2. The van der Waals surface area contributed by atoms with Crippen LogP contribution in [-0.4, -0.2) is 48.1 Å². The second kappa shape index (κ2) is 7.59. The zero-order valence-electron chi connectivity index (χ0n) is 14.9. The highest BCUT2D eigenvalue weighted by Gasteiger charge is 2.37. The Bertz CT molecular complexity index is 323. The monoisotopic (exact) mass is 297 g/mol. The minimum absolute atomic E-state index is 0.0810. The Hall–Kier alpha value is -0.610. The van der Waals surface area contributed by atoms with Crippen LogP contribution in [0.5, 0.6) is 0 Å². The van der Waals surface area contributed by atoms with Crippen molar-refractivity contribution in [2.45, 2.75) is 83.8 Å². The molecule has 2 N–H and O–H groups in total. The van der Waals surface area contributed by atoms with Crippen LogP contribution in [0.4, 0.5) is 0 Å². The lowest BCUT2D eigenvalue weighted by molar-refractivity contribution is -0.122. The molecule has 1 aliphatic heterocycles. The second-order valence-electron chi connectivity index (χ2n) is 7.97. The van der Waals surface area contributed by atoms with E-state index in [-0.39, 0.29) is 23.0 Å². The summed E-state index contributed by atoms with van der Waals surface area (Å²) < 4.78 is 0. The summed E-state index contributed by atoms with van der Waals surface area (Å²) in [5.74, 6) is 0.192. The molecule has 1 aliphatic rings. The smallest absolute Gasteiger partial charge is 0.221 e. The van der Waals surface area contributed by atoms with Crippen LogP contribution >= 0.6 is 0 Å². The van der Waals surface area contributed by atoms with Crippen LogP contribution in [-0.2, 0) is 4.79 Å².